The Balaban J connectivity index is 2.44. The molecule has 0 aromatic heterocycles. The fourth-order valence-electron chi connectivity index (χ4n) is 1.59. The molecule has 18 heavy (non-hydrogen) atoms. The first kappa shape index (κ1) is 12.1. The molecular formula is C14H11FO3. The Morgan fingerprint density at radius 3 is 2.44 bits per heavy atom. The number of carboxylic acid groups (broad SMARTS) is 1. The Bertz CT molecular complexity index is 593. The highest BCUT2D eigenvalue weighted by Gasteiger charge is 2.17. The molecule has 2 rings (SSSR count). The van der Waals surface area contributed by atoms with Crippen molar-refractivity contribution in [1.82, 2.24) is 0 Å². The smallest absolute Gasteiger partial charge is 0.342 e. The van der Waals surface area contributed by atoms with E-state index in [9.17, 15) is 9.18 Å². The van der Waals surface area contributed by atoms with Crippen LogP contribution in [0.15, 0.2) is 42.5 Å². The predicted octanol–water partition coefficient (Wildman–Crippen LogP) is 3.62. The first-order valence-corrected chi connectivity index (χ1v) is 5.35. The second-order valence-electron chi connectivity index (χ2n) is 3.79. The first-order valence-electron chi connectivity index (χ1n) is 5.35. The van der Waals surface area contributed by atoms with E-state index in [0.29, 0.717) is 5.75 Å². The van der Waals surface area contributed by atoms with E-state index in [4.69, 9.17) is 9.84 Å². The lowest BCUT2D eigenvalue weighted by Crippen LogP contribution is -2.03. The van der Waals surface area contributed by atoms with Crippen molar-refractivity contribution in [2.75, 3.05) is 0 Å². The molecule has 0 radical (unpaired) electrons. The molecular weight excluding hydrogens is 235 g/mol. The van der Waals surface area contributed by atoms with E-state index >= 15 is 0 Å². The van der Waals surface area contributed by atoms with Crippen LogP contribution >= 0.6 is 0 Å². The van der Waals surface area contributed by atoms with Crippen LogP contribution in [0.2, 0.25) is 0 Å². The summed E-state index contributed by atoms with van der Waals surface area (Å²) in [5, 5.41) is 8.97. The molecule has 0 aliphatic rings. The summed E-state index contributed by atoms with van der Waals surface area (Å²) in [6, 6.07) is 11.1. The Morgan fingerprint density at radius 1 is 1.11 bits per heavy atom. The molecule has 0 bridgehead atoms. The Labute approximate surface area is 103 Å². The summed E-state index contributed by atoms with van der Waals surface area (Å²) < 4.78 is 18.9. The molecule has 2 aromatic rings. The van der Waals surface area contributed by atoms with Crippen LogP contribution in [-0.4, -0.2) is 11.1 Å². The molecule has 0 amide bonds. The summed E-state index contributed by atoms with van der Waals surface area (Å²) in [6.45, 7) is 1.83. The van der Waals surface area contributed by atoms with E-state index in [1.165, 1.54) is 12.1 Å². The van der Waals surface area contributed by atoms with Crippen molar-refractivity contribution in [1.29, 1.82) is 0 Å². The van der Waals surface area contributed by atoms with Crippen molar-refractivity contribution in [2.45, 2.75) is 6.92 Å². The largest absolute Gasteiger partial charge is 0.477 e. The Hall–Kier alpha value is -2.36. The molecule has 0 saturated carbocycles. The normalized spacial score (nSPS) is 10.1. The highest BCUT2D eigenvalue weighted by atomic mass is 19.1. The zero-order valence-corrected chi connectivity index (χ0v) is 9.68. The van der Waals surface area contributed by atoms with Crippen molar-refractivity contribution in [2.24, 2.45) is 0 Å². The van der Waals surface area contributed by atoms with Gasteiger partial charge in [-0.25, -0.2) is 9.18 Å². The quantitative estimate of drug-likeness (QED) is 0.899. The van der Waals surface area contributed by atoms with Crippen LogP contribution in [0.3, 0.4) is 0 Å². The van der Waals surface area contributed by atoms with Crippen molar-refractivity contribution < 1.29 is 19.0 Å². The standard InChI is InChI=1S/C14H11FO3/c1-9-5-2-3-7-11(9)18-12-8-4-6-10(15)13(12)14(16)17/h2-8H,1H3,(H,16,17). The summed E-state index contributed by atoms with van der Waals surface area (Å²) in [5.41, 5.74) is 0.388. The highest BCUT2D eigenvalue weighted by molar-refractivity contribution is 5.91. The summed E-state index contributed by atoms with van der Waals surface area (Å²) in [5.74, 6) is -1.66. The first-order chi connectivity index (χ1) is 8.59. The van der Waals surface area contributed by atoms with Crippen LogP contribution in [0.25, 0.3) is 0 Å². The molecule has 0 aliphatic heterocycles. The number of hydrogen-bond donors (Lipinski definition) is 1. The van der Waals surface area contributed by atoms with Gasteiger partial charge in [0.05, 0.1) is 0 Å². The van der Waals surface area contributed by atoms with Crippen LogP contribution in [0.5, 0.6) is 11.5 Å². The number of para-hydroxylation sites is 1. The minimum absolute atomic E-state index is 0.00296. The van der Waals surface area contributed by atoms with Gasteiger partial charge in [0.25, 0.3) is 0 Å². The van der Waals surface area contributed by atoms with Crippen LogP contribution < -0.4 is 4.74 Å². The van der Waals surface area contributed by atoms with Gasteiger partial charge in [-0.05, 0) is 30.7 Å². The maximum Gasteiger partial charge on any atom is 0.342 e. The van der Waals surface area contributed by atoms with Crippen LogP contribution in [0, 0.1) is 12.7 Å². The van der Waals surface area contributed by atoms with Gasteiger partial charge in [0, 0.05) is 0 Å². The number of ether oxygens (including phenoxy) is 1. The summed E-state index contributed by atoms with van der Waals surface area (Å²) in [6.07, 6.45) is 0. The maximum atomic E-state index is 13.4. The zero-order valence-electron chi connectivity index (χ0n) is 9.68. The molecule has 0 spiro atoms. The monoisotopic (exact) mass is 246 g/mol. The number of aryl methyl sites for hydroxylation is 1. The summed E-state index contributed by atoms with van der Waals surface area (Å²) in [7, 11) is 0. The number of benzene rings is 2. The van der Waals surface area contributed by atoms with Crippen molar-refractivity contribution in [3.8, 4) is 11.5 Å². The van der Waals surface area contributed by atoms with Crippen LogP contribution in [-0.2, 0) is 0 Å². The fraction of sp³-hybridized carbons (Fsp3) is 0.0714. The Kier molecular flexibility index (Phi) is 3.28. The number of hydrogen-bond acceptors (Lipinski definition) is 2. The molecule has 4 heteroatoms. The van der Waals surface area contributed by atoms with Gasteiger partial charge in [0.2, 0.25) is 0 Å². The molecule has 0 heterocycles. The fourth-order valence-corrected chi connectivity index (χ4v) is 1.59. The van der Waals surface area contributed by atoms with Gasteiger partial charge in [0.1, 0.15) is 22.9 Å². The molecule has 0 saturated heterocycles. The lowest BCUT2D eigenvalue weighted by Gasteiger charge is -2.11. The third-order valence-electron chi connectivity index (χ3n) is 2.50. The number of aromatic carboxylic acids is 1. The van der Waals surface area contributed by atoms with E-state index in [-0.39, 0.29) is 5.75 Å². The van der Waals surface area contributed by atoms with E-state index in [1.807, 2.05) is 19.1 Å². The van der Waals surface area contributed by atoms with Gasteiger partial charge in [0.15, 0.2) is 0 Å². The van der Waals surface area contributed by atoms with E-state index in [1.54, 1.807) is 12.1 Å². The topological polar surface area (TPSA) is 46.5 Å². The van der Waals surface area contributed by atoms with E-state index in [2.05, 4.69) is 0 Å². The highest BCUT2D eigenvalue weighted by Crippen LogP contribution is 2.29. The second kappa shape index (κ2) is 4.87. The van der Waals surface area contributed by atoms with Gasteiger partial charge < -0.3 is 9.84 Å². The van der Waals surface area contributed by atoms with Gasteiger partial charge >= 0.3 is 5.97 Å². The van der Waals surface area contributed by atoms with Gasteiger partial charge in [-0.1, -0.05) is 24.3 Å². The molecule has 92 valence electrons. The van der Waals surface area contributed by atoms with Crippen molar-refractivity contribution in [3.63, 3.8) is 0 Å². The van der Waals surface area contributed by atoms with Crippen molar-refractivity contribution in [3.05, 3.63) is 59.4 Å². The van der Waals surface area contributed by atoms with Gasteiger partial charge in [-0.15, -0.1) is 0 Å². The minimum Gasteiger partial charge on any atom is -0.477 e. The minimum atomic E-state index is -1.35. The third-order valence-corrected chi connectivity index (χ3v) is 2.50. The predicted molar refractivity (Wildman–Crippen MR) is 64.6 cm³/mol. The summed E-state index contributed by atoms with van der Waals surface area (Å²) in [4.78, 5) is 11.0. The number of halogens is 1. The lowest BCUT2D eigenvalue weighted by atomic mass is 10.2. The molecule has 2 aromatic carbocycles. The summed E-state index contributed by atoms with van der Waals surface area (Å²) >= 11 is 0. The molecule has 0 unspecified atom stereocenters. The van der Waals surface area contributed by atoms with Gasteiger partial charge in [-0.2, -0.15) is 0 Å². The average Bonchev–Trinajstić information content (AvgIpc) is 2.31. The average molecular weight is 246 g/mol. The number of carbonyl (C=O) groups is 1. The molecule has 0 fully saturated rings. The van der Waals surface area contributed by atoms with Crippen LogP contribution in [0.4, 0.5) is 4.39 Å². The lowest BCUT2D eigenvalue weighted by molar-refractivity contribution is 0.0689. The van der Waals surface area contributed by atoms with Gasteiger partial charge in [-0.3, -0.25) is 0 Å². The van der Waals surface area contributed by atoms with Crippen LogP contribution in [0.1, 0.15) is 15.9 Å². The van der Waals surface area contributed by atoms with E-state index in [0.717, 1.165) is 11.6 Å². The zero-order chi connectivity index (χ0) is 13.1. The van der Waals surface area contributed by atoms with E-state index < -0.39 is 17.3 Å². The maximum absolute atomic E-state index is 13.4. The molecule has 1 N–H and O–H groups in total. The second-order valence-corrected chi connectivity index (χ2v) is 3.79. The molecule has 0 aliphatic carbocycles. The molecule has 0 atom stereocenters. The van der Waals surface area contributed by atoms with Crippen molar-refractivity contribution >= 4 is 5.97 Å². The Morgan fingerprint density at radius 2 is 1.78 bits per heavy atom. The number of rotatable bonds is 3. The SMILES string of the molecule is Cc1ccccc1Oc1cccc(F)c1C(=O)O. The number of carboxylic acids is 1. The third kappa shape index (κ3) is 2.32. The molecule has 3 nitrogen and oxygen atoms in total.